The molecule has 1 amide bonds. The summed E-state index contributed by atoms with van der Waals surface area (Å²) in [6, 6.07) is 1.75. The SMILES string of the molecule is CC(C)(C)OC(=O)Nc1ccnn1CCCBr. The zero-order chi connectivity index (χ0) is 12.9. The third-order valence-electron chi connectivity index (χ3n) is 1.85. The Kier molecular flexibility index (Phi) is 4.99. The van der Waals surface area contributed by atoms with E-state index in [-0.39, 0.29) is 0 Å². The molecule has 0 bridgehead atoms. The molecule has 6 heteroatoms. The van der Waals surface area contributed by atoms with Gasteiger partial charge in [-0.15, -0.1) is 0 Å². The first-order chi connectivity index (χ1) is 7.92. The molecule has 0 spiro atoms. The highest BCUT2D eigenvalue weighted by atomic mass is 79.9. The van der Waals surface area contributed by atoms with Gasteiger partial charge in [-0.2, -0.15) is 5.10 Å². The fourth-order valence-corrected chi connectivity index (χ4v) is 1.49. The van der Waals surface area contributed by atoms with Crippen LogP contribution in [0.1, 0.15) is 27.2 Å². The lowest BCUT2D eigenvalue weighted by Gasteiger charge is -2.19. The van der Waals surface area contributed by atoms with Crippen molar-refractivity contribution in [3.05, 3.63) is 12.3 Å². The molecule has 0 saturated carbocycles. The minimum Gasteiger partial charge on any atom is -0.444 e. The van der Waals surface area contributed by atoms with Crippen LogP contribution in [0, 0.1) is 0 Å². The van der Waals surface area contributed by atoms with Crippen molar-refractivity contribution in [2.24, 2.45) is 0 Å². The van der Waals surface area contributed by atoms with Gasteiger partial charge in [0, 0.05) is 17.9 Å². The number of aromatic nitrogens is 2. The molecule has 1 rings (SSSR count). The summed E-state index contributed by atoms with van der Waals surface area (Å²) in [5.74, 6) is 0.653. The fraction of sp³-hybridized carbons (Fsp3) is 0.636. The van der Waals surface area contributed by atoms with Crippen LogP contribution >= 0.6 is 15.9 Å². The van der Waals surface area contributed by atoms with Crippen LogP contribution in [-0.2, 0) is 11.3 Å². The minimum atomic E-state index is -0.495. The highest BCUT2D eigenvalue weighted by Gasteiger charge is 2.17. The van der Waals surface area contributed by atoms with E-state index in [0.29, 0.717) is 5.82 Å². The summed E-state index contributed by atoms with van der Waals surface area (Å²) in [5.41, 5.74) is -0.495. The van der Waals surface area contributed by atoms with E-state index in [4.69, 9.17) is 4.74 Å². The molecule has 0 saturated heterocycles. The van der Waals surface area contributed by atoms with Crippen LogP contribution in [0.2, 0.25) is 0 Å². The van der Waals surface area contributed by atoms with Gasteiger partial charge in [-0.3, -0.25) is 5.32 Å². The summed E-state index contributed by atoms with van der Waals surface area (Å²) in [5, 5.41) is 7.71. The molecule has 0 radical (unpaired) electrons. The molecule has 1 heterocycles. The number of carbonyl (C=O) groups excluding carboxylic acids is 1. The van der Waals surface area contributed by atoms with E-state index in [2.05, 4.69) is 26.3 Å². The summed E-state index contributed by atoms with van der Waals surface area (Å²) in [6.07, 6.45) is 2.14. The van der Waals surface area contributed by atoms with Gasteiger partial charge in [0.25, 0.3) is 0 Å². The lowest BCUT2D eigenvalue weighted by molar-refractivity contribution is 0.0634. The maximum absolute atomic E-state index is 11.6. The molecule has 0 atom stereocenters. The number of ether oxygens (including phenoxy) is 1. The van der Waals surface area contributed by atoms with Gasteiger partial charge in [-0.25, -0.2) is 9.48 Å². The zero-order valence-corrected chi connectivity index (χ0v) is 12.0. The quantitative estimate of drug-likeness (QED) is 0.870. The molecule has 5 nitrogen and oxygen atoms in total. The van der Waals surface area contributed by atoms with Crippen molar-refractivity contribution < 1.29 is 9.53 Å². The Hall–Kier alpha value is -1.04. The molecule has 0 aliphatic carbocycles. The number of alkyl halides is 1. The molecule has 96 valence electrons. The number of halogens is 1. The van der Waals surface area contributed by atoms with Gasteiger partial charge in [0.05, 0.1) is 6.20 Å². The van der Waals surface area contributed by atoms with E-state index in [1.54, 1.807) is 16.9 Å². The number of anilines is 1. The summed E-state index contributed by atoms with van der Waals surface area (Å²) in [7, 11) is 0. The normalized spacial score (nSPS) is 11.3. The maximum Gasteiger partial charge on any atom is 0.413 e. The van der Waals surface area contributed by atoms with Crippen LogP contribution in [0.4, 0.5) is 10.6 Å². The fourth-order valence-electron chi connectivity index (χ4n) is 1.23. The molecular weight excluding hydrogens is 286 g/mol. The van der Waals surface area contributed by atoms with Crippen molar-refractivity contribution in [3.63, 3.8) is 0 Å². The van der Waals surface area contributed by atoms with Crippen molar-refractivity contribution in [1.29, 1.82) is 0 Å². The Labute approximate surface area is 110 Å². The second-order valence-electron chi connectivity index (χ2n) is 4.61. The Bertz CT molecular complexity index is 371. The third-order valence-corrected chi connectivity index (χ3v) is 2.41. The molecule has 1 aromatic rings. The van der Waals surface area contributed by atoms with Gasteiger partial charge in [-0.05, 0) is 27.2 Å². The Balaban J connectivity index is 2.56. The molecule has 1 aromatic heterocycles. The largest absolute Gasteiger partial charge is 0.444 e. The first kappa shape index (κ1) is 14.0. The second-order valence-corrected chi connectivity index (χ2v) is 5.40. The molecule has 0 unspecified atom stereocenters. The highest BCUT2D eigenvalue weighted by Crippen LogP contribution is 2.12. The predicted molar refractivity (Wildman–Crippen MR) is 70.5 cm³/mol. The lowest BCUT2D eigenvalue weighted by Crippen LogP contribution is -2.28. The molecule has 17 heavy (non-hydrogen) atoms. The predicted octanol–water partition coefficient (Wildman–Crippen LogP) is 3.02. The van der Waals surface area contributed by atoms with Gasteiger partial charge in [-0.1, -0.05) is 15.9 Å². The second kappa shape index (κ2) is 6.05. The molecule has 0 aliphatic heterocycles. The summed E-state index contributed by atoms with van der Waals surface area (Å²) in [6.45, 7) is 6.24. The summed E-state index contributed by atoms with van der Waals surface area (Å²) >= 11 is 3.36. The third kappa shape index (κ3) is 5.21. The lowest BCUT2D eigenvalue weighted by atomic mass is 10.2. The molecule has 0 fully saturated rings. The summed E-state index contributed by atoms with van der Waals surface area (Å²) in [4.78, 5) is 11.6. The van der Waals surface area contributed by atoms with Crippen LogP contribution in [0.3, 0.4) is 0 Å². The standard InChI is InChI=1S/C11H18BrN3O2/c1-11(2,3)17-10(16)14-9-5-7-13-15(9)8-4-6-12/h5,7H,4,6,8H2,1-3H3,(H,14,16). The Morgan fingerprint density at radius 2 is 2.29 bits per heavy atom. The van der Waals surface area contributed by atoms with Crippen molar-refractivity contribution >= 4 is 27.8 Å². The van der Waals surface area contributed by atoms with Crippen LogP contribution in [0.5, 0.6) is 0 Å². The number of aryl methyl sites for hydroxylation is 1. The topological polar surface area (TPSA) is 56.1 Å². The number of carbonyl (C=O) groups is 1. The van der Waals surface area contributed by atoms with Crippen LogP contribution in [-0.4, -0.2) is 26.8 Å². The number of nitrogens with one attached hydrogen (secondary N) is 1. The van der Waals surface area contributed by atoms with Crippen molar-refractivity contribution in [2.75, 3.05) is 10.6 Å². The highest BCUT2D eigenvalue weighted by molar-refractivity contribution is 9.09. The molecule has 1 N–H and O–H groups in total. The van der Waals surface area contributed by atoms with Crippen molar-refractivity contribution in [3.8, 4) is 0 Å². The molecule has 0 aliphatic rings. The number of hydrogen-bond donors (Lipinski definition) is 1. The van der Waals surface area contributed by atoms with Crippen molar-refractivity contribution in [2.45, 2.75) is 39.3 Å². The van der Waals surface area contributed by atoms with E-state index in [0.717, 1.165) is 18.3 Å². The van der Waals surface area contributed by atoms with Gasteiger partial charge < -0.3 is 4.74 Å². The minimum absolute atomic E-state index is 0.460. The van der Waals surface area contributed by atoms with Gasteiger partial charge in [0.15, 0.2) is 0 Å². The first-order valence-electron chi connectivity index (χ1n) is 5.50. The van der Waals surface area contributed by atoms with E-state index < -0.39 is 11.7 Å². The van der Waals surface area contributed by atoms with E-state index in [1.165, 1.54) is 0 Å². The average Bonchev–Trinajstić information content (AvgIpc) is 2.59. The van der Waals surface area contributed by atoms with Gasteiger partial charge in [0.2, 0.25) is 0 Å². The Morgan fingerprint density at radius 3 is 2.88 bits per heavy atom. The monoisotopic (exact) mass is 303 g/mol. The van der Waals surface area contributed by atoms with Crippen LogP contribution in [0.25, 0.3) is 0 Å². The average molecular weight is 304 g/mol. The number of amides is 1. The number of nitrogens with zero attached hydrogens (tertiary/aromatic N) is 2. The van der Waals surface area contributed by atoms with Gasteiger partial charge >= 0.3 is 6.09 Å². The van der Waals surface area contributed by atoms with E-state index in [9.17, 15) is 4.79 Å². The molecule has 0 aromatic carbocycles. The Morgan fingerprint density at radius 1 is 1.59 bits per heavy atom. The number of rotatable bonds is 4. The first-order valence-corrected chi connectivity index (χ1v) is 6.62. The number of hydrogen-bond acceptors (Lipinski definition) is 3. The maximum atomic E-state index is 11.6. The summed E-state index contributed by atoms with van der Waals surface area (Å²) < 4.78 is 6.91. The molecular formula is C11H18BrN3O2. The van der Waals surface area contributed by atoms with Crippen LogP contribution in [0.15, 0.2) is 12.3 Å². The zero-order valence-electron chi connectivity index (χ0n) is 10.4. The van der Waals surface area contributed by atoms with Crippen LogP contribution < -0.4 is 5.32 Å². The van der Waals surface area contributed by atoms with E-state index in [1.807, 2.05) is 20.8 Å². The smallest absolute Gasteiger partial charge is 0.413 e. The van der Waals surface area contributed by atoms with E-state index >= 15 is 0 Å². The van der Waals surface area contributed by atoms with Gasteiger partial charge in [0.1, 0.15) is 11.4 Å². The van der Waals surface area contributed by atoms with Crippen molar-refractivity contribution in [1.82, 2.24) is 9.78 Å².